The number of ether oxygens (including phenoxy) is 1. The zero-order valence-electron chi connectivity index (χ0n) is 15.2. The Morgan fingerprint density at radius 1 is 1.12 bits per heavy atom. The highest BCUT2D eigenvalue weighted by Crippen LogP contribution is 2.24. The van der Waals surface area contributed by atoms with Crippen molar-refractivity contribution in [1.29, 1.82) is 0 Å². The van der Waals surface area contributed by atoms with Gasteiger partial charge in [0.1, 0.15) is 5.75 Å². The van der Waals surface area contributed by atoms with Gasteiger partial charge in [0, 0.05) is 24.3 Å². The average Bonchev–Trinajstić information content (AvgIpc) is 2.63. The third-order valence-corrected chi connectivity index (χ3v) is 4.61. The van der Waals surface area contributed by atoms with E-state index in [0.29, 0.717) is 17.9 Å². The Bertz CT molecular complexity index is 817. The van der Waals surface area contributed by atoms with Crippen molar-refractivity contribution in [2.45, 2.75) is 33.1 Å². The molecule has 3 rings (SSSR count). The second-order valence-electron chi connectivity index (χ2n) is 6.64. The van der Waals surface area contributed by atoms with Crippen LogP contribution in [-0.2, 0) is 9.59 Å². The van der Waals surface area contributed by atoms with E-state index in [1.165, 1.54) is 5.56 Å². The van der Waals surface area contributed by atoms with Crippen molar-refractivity contribution in [1.82, 2.24) is 0 Å². The molecule has 136 valence electrons. The summed E-state index contributed by atoms with van der Waals surface area (Å²) in [4.78, 5) is 26.0. The summed E-state index contributed by atoms with van der Waals surface area (Å²) in [5, 5.41) is 2.83. The summed E-state index contributed by atoms with van der Waals surface area (Å²) in [5.74, 6) is 0.582. The third-order valence-electron chi connectivity index (χ3n) is 4.61. The smallest absolute Gasteiger partial charge is 0.262 e. The second-order valence-corrected chi connectivity index (χ2v) is 6.64. The SMILES string of the molecule is Cc1ccc(OCC(=O)Nc2cccc(N3CCCCC3=O)c2)cc1C. The van der Waals surface area contributed by atoms with Gasteiger partial charge >= 0.3 is 0 Å². The fourth-order valence-electron chi connectivity index (χ4n) is 2.98. The molecular formula is C21H24N2O3. The number of nitrogens with one attached hydrogen (secondary N) is 1. The molecule has 0 aromatic heterocycles. The van der Waals surface area contributed by atoms with E-state index in [1.54, 1.807) is 4.90 Å². The molecule has 0 radical (unpaired) electrons. The first-order valence-electron chi connectivity index (χ1n) is 8.93. The lowest BCUT2D eigenvalue weighted by atomic mass is 10.1. The highest BCUT2D eigenvalue weighted by atomic mass is 16.5. The summed E-state index contributed by atoms with van der Waals surface area (Å²) in [6.45, 7) is 4.71. The fourth-order valence-corrected chi connectivity index (χ4v) is 2.98. The minimum absolute atomic E-state index is 0.0601. The second kappa shape index (κ2) is 8.04. The van der Waals surface area contributed by atoms with E-state index in [-0.39, 0.29) is 18.4 Å². The largest absolute Gasteiger partial charge is 0.484 e. The van der Waals surface area contributed by atoms with Crippen LogP contribution >= 0.6 is 0 Å². The molecule has 1 saturated heterocycles. The van der Waals surface area contributed by atoms with Crippen LogP contribution in [0.1, 0.15) is 30.4 Å². The Morgan fingerprint density at radius 2 is 1.96 bits per heavy atom. The van der Waals surface area contributed by atoms with Crippen molar-refractivity contribution in [3.63, 3.8) is 0 Å². The highest BCUT2D eigenvalue weighted by Gasteiger charge is 2.19. The van der Waals surface area contributed by atoms with Crippen LogP contribution in [0.2, 0.25) is 0 Å². The maximum atomic E-state index is 12.2. The van der Waals surface area contributed by atoms with Crippen LogP contribution in [0, 0.1) is 13.8 Å². The van der Waals surface area contributed by atoms with Gasteiger partial charge < -0.3 is 15.0 Å². The molecule has 2 amide bonds. The van der Waals surface area contributed by atoms with Crippen LogP contribution in [0.15, 0.2) is 42.5 Å². The Balaban J connectivity index is 1.59. The number of benzene rings is 2. The Hall–Kier alpha value is -2.82. The van der Waals surface area contributed by atoms with Crippen molar-refractivity contribution in [2.75, 3.05) is 23.4 Å². The number of aryl methyl sites for hydroxylation is 2. The molecule has 0 bridgehead atoms. The zero-order chi connectivity index (χ0) is 18.5. The van der Waals surface area contributed by atoms with Crippen molar-refractivity contribution < 1.29 is 14.3 Å². The quantitative estimate of drug-likeness (QED) is 0.889. The summed E-state index contributed by atoms with van der Waals surface area (Å²) >= 11 is 0. The Labute approximate surface area is 154 Å². The van der Waals surface area contributed by atoms with Crippen molar-refractivity contribution in [2.24, 2.45) is 0 Å². The first-order valence-corrected chi connectivity index (χ1v) is 8.93. The number of rotatable bonds is 5. The molecule has 26 heavy (non-hydrogen) atoms. The number of carbonyl (C=O) groups excluding carboxylic acids is 2. The summed E-state index contributed by atoms with van der Waals surface area (Å²) in [6.07, 6.45) is 2.54. The average molecular weight is 352 g/mol. The monoisotopic (exact) mass is 352 g/mol. The van der Waals surface area contributed by atoms with Crippen LogP contribution in [0.25, 0.3) is 0 Å². The molecule has 2 aromatic carbocycles. The van der Waals surface area contributed by atoms with E-state index >= 15 is 0 Å². The first-order chi connectivity index (χ1) is 12.5. The van der Waals surface area contributed by atoms with Gasteiger partial charge in [0.05, 0.1) is 0 Å². The van der Waals surface area contributed by atoms with Gasteiger partial charge in [-0.05, 0) is 68.1 Å². The molecular weight excluding hydrogens is 328 g/mol. The molecule has 0 saturated carbocycles. The predicted octanol–water partition coefficient (Wildman–Crippen LogP) is 3.84. The normalized spacial score (nSPS) is 14.2. The topological polar surface area (TPSA) is 58.6 Å². The molecule has 2 aromatic rings. The van der Waals surface area contributed by atoms with Crippen molar-refractivity contribution >= 4 is 23.2 Å². The molecule has 1 heterocycles. The van der Waals surface area contributed by atoms with E-state index in [4.69, 9.17) is 4.74 Å². The summed E-state index contributed by atoms with van der Waals surface area (Å²) in [6, 6.07) is 13.1. The number of hydrogen-bond donors (Lipinski definition) is 1. The Kier molecular flexibility index (Phi) is 5.56. The van der Waals surface area contributed by atoms with Crippen LogP contribution in [0.4, 0.5) is 11.4 Å². The van der Waals surface area contributed by atoms with Crippen molar-refractivity contribution in [3.05, 3.63) is 53.6 Å². The minimum Gasteiger partial charge on any atom is -0.484 e. The van der Waals surface area contributed by atoms with Crippen molar-refractivity contribution in [3.8, 4) is 5.75 Å². The number of nitrogens with zero attached hydrogens (tertiary/aromatic N) is 1. The molecule has 0 unspecified atom stereocenters. The van der Waals surface area contributed by atoms with Crippen LogP contribution in [0.5, 0.6) is 5.75 Å². The van der Waals surface area contributed by atoms with Crippen LogP contribution < -0.4 is 15.0 Å². The maximum absolute atomic E-state index is 12.2. The number of hydrogen-bond acceptors (Lipinski definition) is 3. The third kappa shape index (κ3) is 4.42. The molecule has 1 N–H and O–H groups in total. The number of carbonyl (C=O) groups is 2. The van der Waals surface area contributed by atoms with E-state index in [9.17, 15) is 9.59 Å². The number of piperidine rings is 1. The van der Waals surface area contributed by atoms with Gasteiger partial charge in [-0.1, -0.05) is 12.1 Å². The Morgan fingerprint density at radius 3 is 2.73 bits per heavy atom. The summed E-state index contributed by atoms with van der Waals surface area (Å²) in [7, 11) is 0. The highest BCUT2D eigenvalue weighted by molar-refractivity contribution is 5.96. The van der Waals surface area contributed by atoms with Gasteiger partial charge in [-0.15, -0.1) is 0 Å². The number of amides is 2. The molecule has 0 aliphatic carbocycles. The van der Waals surface area contributed by atoms with E-state index in [0.717, 1.165) is 30.6 Å². The lowest BCUT2D eigenvalue weighted by molar-refractivity contribution is -0.119. The molecule has 1 aliphatic rings. The van der Waals surface area contributed by atoms with E-state index in [2.05, 4.69) is 5.32 Å². The maximum Gasteiger partial charge on any atom is 0.262 e. The summed E-state index contributed by atoms with van der Waals surface area (Å²) in [5.41, 5.74) is 3.80. The van der Waals surface area contributed by atoms with Gasteiger partial charge in [-0.2, -0.15) is 0 Å². The van der Waals surface area contributed by atoms with E-state index < -0.39 is 0 Å². The first kappa shape index (κ1) is 18.0. The fraction of sp³-hybridized carbons (Fsp3) is 0.333. The van der Waals surface area contributed by atoms with E-state index in [1.807, 2.05) is 56.3 Å². The van der Waals surface area contributed by atoms with Gasteiger partial charge in [0.25, 0.3) is 5.91 Å². The zero-order valence-corrected chi connectivity index (χ0v) is 15.2. The molecule has 1 aliphatic heterocycles. The lowest BCUT2D eigenvalue weighted by Crippen LogP contribution is -2.35. The van der Waals surface area contributed by atoms with Crippen LogP contribution in [-0.4, -0.2) is 25.0 Å². The van der Waals surface area contributed by atoms with Crippen LogP contribution in [0.3, 0.4) is 0 Å². The molecule has 5 heteroatoms. The minimum atomic E-state index is -0.231. The summed E-state index contributed by atoms with van der Waals surface area (Å²) < 4.78 is 5.56. The predicted molar refractivity (Wildman–Crippen MR) is 103 cm³/mol. The standard InChI is InChI=1S/C21H24N2O3/c1-15-9-10-19(12-16(15)2)26-14-20(24)22-17-6-5-7-18(13-17)23-11-4-3-8-21(23)25/h5-7,9-10,12-13H,3-4,8,11,14H2,1-2H3,(H,22,24). The van der Waals surface area contributed by atoms with Gasteiger partial charge in [0.2, 0.25) is 5.91 Å². The molecule has 5 nitrogen and oxygen atoms in total. The lowest BCUT2D eigenvalue weighted by Gasteiger charge is -2.27. The van der Waals surface area contributed by atoms with Gasteiger partial charge in [-0.3, -0.25) is 9.59 Å². The molecule has 1 fully saturated rings. The molecule has 0 atom stereocenters. The van der Waals surface area contributed by atoms with Gasteiger partial charge in [-0.25, -0.2) is 0 Å². The van der Waals surface area contributed by atoms with Gasteiger partial charge in [0.15, 0.2) is 6.61 Å². The number of anilines is 2. The molecule has 0 spiro atoms.